The van der Waals surface area contributed by atoms with E-state index in [-0.39, 0.29) is 35.9 Å². The van der Waals surface area contributed by atoms with E-state index in [0.29, 0.717) is 18.3 Å². The maximum atomic E-state index is 13.0. The van der Waals surface area contributed by atoms with Gasteiger partial charge in [0.1, 0.15) is 17.7 Å². The molecule has 0 spiro atoms. The lowest BCUT2D eigenvalue weighted by molar-refractivity contribution is 0.223. The van der Waals surface area contributed by atoms with Crippen LogP contribution in [-0.4, -0.2) is 44.8 Å². The summed E-state index contributed by atoms with van der Waals surface area (Å²) in [5.74, 6) is 1.19. The van der Waals surface area contributed by atoms with E-state index in [1.807, 2.05) is 6.92 Å². The maximum Gasteiger partial charge on any atom is 0.191 e. The molecular weight excluding hydrogens is 490 g/mol. The van der Waals surface area contributed by atoms with E-state index in [1.54, 1.807) is 30.5 Å². The van der Waals surface area contributed by atoms with Gasteiger partial charge in [-0.15, -0.1) is 35.3 Å². The molecule has 8 heteroatoms. The first-order chi connectivity index (χ1) is 13.1. The van der Waals surface area contributed by atoms with Gasteiger partial charge in [-0.25, -0.2) is 4.39 Å². The molecule has 0 amide bonds. The quantitative estimate of drug-likeness (QED) is 0.344. The minimum atomic E-state index is -0.261. The van der Waals surface area contributed by atoms with Crippen LogP contribution >= 0.6 is 35.3 Å². The summed E-state index contributed by atoms with van der Waals surface area (Å²) in [6.07, 6.45) is 2.11. The summed E-state index contributed by atoms with van der Waals surface area (Å²) in [4.78, 5) is 6.76. The van der Waals surface area contributed by atoms with E-state index in [0.717, 1.165) is 31.9 Å². The number of thiophene rings is 1. The van der Waals surface area contributed by atoms with Gasteiger partial charge in [-0.2, -0.15) is 0 Å². The predicted molar refractivity (Wildman–Crippen MR) is 126 cm³/mol. The summed E-state index contributed by atoms with van der Waals surface area (Å²) in [6, 6.07) is 10.8. The van der Waals surface area contributed by atoms with Gasteiger partial charge in [0.05, 0.1) is 11.5 Å². The molecule has 1 unspecified atom stereocenters. The SMILES string of the molecule is CN=C(NCC(C)Oc1ccc(F)cc1)NC1CCN(c2cccs2)CC1.I. The molecule has 1 aliphatic rings. The van der Waals surface area contributed by atoms with E-state index in [4.69, 9.17) is 4.74 Å². The molecule has 154 valence electrons. The van der Waals surface area contributed by atoms with Gasteiger partial charge in [-0.1, -0.05) is 0 Å². The molecule has 5 nitrogen and oxygen atoms in total. The molecule has 2 heterocycles. The summed E-state index contributed by atoms with van der Waals surface area (Å²) >= 11 is 1.80. The van der Waals surface area contributed by atoms with E-state index < -0.39 is 0 Å². The molecule has 0 bridgehead atoms. The predicted octanol–water partition coefficient (Wildman–Crippen LogP) is 4.11. The van der Waals surface area contributed by atoms with Crippen LogP contribution in [0.3, 0.4) is 0 Å². The fourth-order valence-electron chi connectivity index (χ4n) is 3.11. The molecule has 28 heavy (non-hydrogen) atoms. The summed E-state index contributed by atoms with van der Waals surface area (Å²) < 4.78 is 18.7. The number of aliphatic imine (C=N–C) groups is 1. The molecule has 1 saturated heterocycles. The topological polar surface area (TPSA) is 48.9 Å². The van der Waals surface area contributed by atoms with E-state index in [1.165, 1.54) is 17.1 Å². The van der Waals surface area contributed by atoms with Crippen molar-refractivity contribution in [2.24, 2.45) is 4.99 Å². The van der Waals surface area contributed by atoms with Crippen LogP contribution in [0.15, 0.2) is 46.8 Å². The van der Waals surface area contributed by atoms with Crippen molar-refractivity contribution < 1.29 is 9.13 Å². The van der Waals surface area contributed by atoms with Gasteiger partial charge in [-0.3, -0.25) is 4.99 Å². The second kappa shape index (κ2) is 11.5. The molecular formula is C20H28FIN4OS. The Hall–Kier alpha value is -1.55. The van der Waals surface area contributed by atoms with Crippen LogP contribution in [0.1, 0.15) is 19.8 Å². The molecule has 3 rings (SSSR count). The highest BCUT2D eigenvalue weighted by atomic mass is 127. The first-order valence-electron chi connectivity index (χ1n) is 9.32. The number of hydrogen-bond donors (Lipinski definition) is 2. The van der Waals surface area contributed by atoms with Crippen LogP contribution in [0, 0.1) is 5.82 Å². The number of nitrogens with one attached hydrogen (secondary N) is 2. The van der Waals surface area contributed by atoms with Crippen LogP contribution < -0.4 is 20.3 Å². The molecule has 2 N–H and O–H groups in total. The van der Waals surface area contributed by atoms with E-state index in [9.17, 15) is 4.39 Å². The number of piperidine rings is 1. The largest absolute Gasteiger partial charge is 0.489 e. The number of anilines is 1. The van der Waals surface area contributed by atoms with Gasteiger partial charge >= 0.3 is 0 Å². The third-order valence-corrected chi connectivity index (χ3v) is 5.51. The number of hydrogen-bond acceptors (Lipinski definition) is 4. The normalized spacial score (nSPS) is 16.2. The molecule has 1 fully saturated rings. The molecule has 1 aromatic heterocycles. The van der Waals surface area contributed by atoms with Crippen LogP contribution in [0.4, 0.5) is 9.39 Å². The Bertz CT molecular complexity index is 718. The van der Waals surface area contributed by atoms with Gasteiger partial charge in [0, 0.05) is 26.2 Å². The van der Waals surface area contributed by atoms with Crippen molar-refractivity contribution in [1.82, 2.24) is 10.6 Å². The summed E-state index contributed by atoms with van der Waals surface area (Å²) in [5, 5.41) is 10.3. The van der Waals surface area contributed by atoms with Crippen LogP contribution in [0.5, 0.6) is 5.75 Å². The standard InChI is InChI=1S/C20H27FN4OS.HI/c1-15(26-18-7-5-16(21)6-8-18)14-23-20(22-2)24-17-9-11-25(12-10-17)19-4-3-13-27-19;/h3-8,13,15,17H,9-12,14H2,1-2H3,(H2,22,23,24);1H. The van der Waals surface area contributed by atoms with E-state index in [2.05, 4.69) is 38.0 Å². The smallest absolute Gasteiger partial charge is 0.191 e. The van der Waals surface area contributed by atoms with E-state index >= 15 is 0 Å². The van der Waals surface area contributed by atoms with Crippen LogP contribution in [-0.2, 0) is 0 Å². The minimum absolute atomic E-state index is 0. The number of nitrogens with zero attached hydrogens (tertiary/aromatic N) is 2. The highest BCUT2D eigenvalue weighted by Gasteiger charge is 2.20. The van der Waals surface area contributed by atoms with Crippen LogP contribution in [0.2, 0.25) is 0 Å². The Morgan fingerprint density at radius 2 is 2.00 bits per heavy atom. The van der Waals surface area contributed by atoms with Gasteiger partial charge in [-0.05, 0) is 61.5 Å². The number of rotatable bonds is 6. The first kappa shape index (κ1) is 22.7. The van der Waals surface area contributed by atoms with Crippen LogP contribution in [0.25, 0.3) is 0 Å². The van der Waals surface area contributed by atoms with Gasteiger partial charge in [0.15, 0.2) is 5.96 Å². The third kappa shape index (κ3) is 6.80. The average molecular weight is 518 g/mol. The second-order valence-corrected chi connectivity index (χ2v) is 7.62. The summed E-state index contributed by atoms with van der Waals surface area (Å²) in [7, 11) is 1.78. The van der Waals surface area contributed by atoms with Crippen molar-refractivity contribution in [1.29, 1.82) is 0 Å². The Kier molecular flexibility index (Phi) is 9.30. The number of ether oxygens (including phenoxy) is 1. The lowest BCUT2D eigenvalue weighted by Gasteiger charge is -2.33. The zero-order chi connectivity index (χ0) is 19.1. The van der Waals surface area contributed by atoms with Crippen molar-refractivity contribution in [3.05, 3.63) is 47.6 Å². The lowest BCUT2D eigenvalue weighted by Crippen LogP contribution is -2.50. The average Bonchev–Trinajstić information content (AvgIpc) is 3.22. The second-order valence-electron chi connectivity index (χ2n) is 6.69. The Balaban J connectivity index is 0.00000280. The molecule has 0 radical (unpaired) electrons. The monoisotopic (exact) mass is 518 g/mol. The molecule has 1 atom stereocenters. The number of guanidine groups is 1. The number of benzene rings is 1. The highest BCUT2D eigenvalue weighted by molar-refractivity contribution is 14.0. The third-order valence-electron chi connectivity index (χ3n) is 4.59. The fourth-order valence-corrected chi connectivity index (χ4v) is 3.89. The molecule has 1 aromatic carbocycles. The minimum Gasteiger partial charge on any atom is -0.489 e. The van der Waals surface area contributed by atoms with Gasteiger partial charge in [0.25, 0.3) is 0 Å². The Morgan fingerprint density at radius 1 is 1.29 bits per heavy atom. The zero-order valence-corrected chi connectivity index (χ0v) is 19.4. The molecule has 0 aliphatic carbocycles. The highest BCUT2D eigenvalue weighted by Crippen LogP contribution is 2.24. The van der Waals surface area contributed by atoms with Crippen molar-refractivity contribution in [2.45, 2.75) is 31.9 Å². The summed E-state index contributed by atoms with van der Waals surface area (Å²) in [6.45, 7) is 4.70. The molecule has 2 aromatic rings. The summed E-state index contributed by atoms with van der Waals surface area (Å²) in [5.41, 5.74) is 0. The number of halogens is 2. The lowest BCUT2D eigenvalue weighted by atomic mass is 10.1. The fraction of sp³-hybridized carbons (Fsp3) is 0.450. The van der Waals surface area contributed by atoms with Gasteiger partial charge in [0.2, 0.25) is 0 Å². The van der Waals surface area contributed by atoms with Gasteiger partial charge < -0.3 is 20.3 Å². The first-order valence-corrected chi connectivity index (χ1v) is 10.2. The zero-order valence-electron chi connectivity index (χ0n) is 16.2. The van der Waals surface area contributed by atoms with Crippen molar-refractivity contribution in [3.8, 4) is 5.75 Å². The Morgan fingerprint density at radius 3 is 2.61 bits per heavy atom. The molecule has 1 aliphatic heterocycles. The maximum absolute atomic E-state index is 13.0. The van der Waals surface area contributed by atoms with Crippen molar-refractivity contribution in [2.75, 3.05) is 31.6 Å². The van der Waals surface area contributed by atoms with Crippen molar-refractivity contribution in [3.63, 3.8) is 0 Å². The van der Waals surface area contributed by atoms with Crippen molar-refractivity contribution >= 4 is 46.3 Å². The Labute approximate surface area is 187 Å². The molecule has 0 saturated carbocycles.